The third-order valence-electron chi connectivity index (χ3n) is 8.51. The van der Waals surface area contributed by atoms with Crippen molar-refractivity contribution in [1.82, 2.24) is 20.4 Å². The number of carbonyl (C=O) groups is 2. The van der Waals surface area contributed by atoms with Gasteiger partial charge in [0.2, 0.25) is 0 Å². The summed E-state index contributed by atoms with van der Waals surface area (Å²) in [5.74, 6) is -1.42. The number of amidine groups is 1. The van der Waals surface area contributed by atoms with Crippen molar-refractivity contribution in [1.29, 1.82) is 0 Å². The van der Waals surface area contributed by atoms with Crippen LogP contribution >= 0.6 is 16.0 Å². The van der Waals surface area contributed by atoms with E-state index in [2.05, 4.69) is 30.6 Å². The number of hydrogen-bond acceptors (Lipinski definition) is 19. The van der Waals surface area contributed by atoms with Crippen molar-refractivity contribution in [2.75, 3.05) is 13.2 Å². The van der Waals surface area contributed by atoms with Crippen LogP contribution < -0.4 is 16.4 Å². The van der Waals surface area contributed by atoms with E-state index in [0.717, 1.165) is 0 Å². The molecule has 7 aliphatic heterocycles. The van der Waals surface area contributed by atoms with E-state index in [9.17, 15) is 33.9 Å². The first-order valence-electron chi connectivity index (χ1n) is 14.2. The molecule has 24 heteroatoms. The number of ether oxygens (including phenoxy) is 2. The standard InChI is InChI=1S/C22H33N9O13P2/c1-7-14-9(41-20(7)30-5-24-12-17(30)28-22(23)29-19(12)34)3-39-46(37,38)44-15-10(4-40-45(35,36)43-14)42-21(13(15)32)31-6-25-11-16(31)26-8(2)27-18(11)33/h5-7,9-17,20-21,32,37-38,46H,3-4H2,1-2H3,(H,35,36)(H,26,27,33)(H3,23,28,29,34)/t7-,9-,10-,11?,12?,13-,14+,15-,16?,17?,20-,21-/m1/s1. The fourth-order valence-electron chi connectivity index (χ4n) is 6.41. The van der Waals surface area contributed by atoms with Crippen LogP contribution in [-0.4, -0.2) is 146 Å². The van der Waals surface area contributed by atoms with Crippen molar-refractivity contribution in [2.24, 2.45) is 31.6 Å². The van der Waals surface area contributed by atoms with Gasteiger partial charge in [0.25, 0.3) is 0 Å². The summed E-state index contributed by atoms with van der Waals surface area (Å²) in [6.45, 7) is 1.90. The number of rotatable bonds is 2. The fourth-order valence-corrected chi connectivity index (χ4v) is 8.53. The molecule has 0 radical (unpaired) electrons. The first-order chi connectivity index (χ1) is 21.7. The van der Waals surface area contributed by atoms with Gasteiger partial charge in [-0.25, -0.2) is 0 Å². The van der Waals surface area contributed by atoms with E-state index in [1.807, 2.05) is 0 Å². The average Bonchev–Trinajstić information content (AvgIpc) is 3.72. The molecule has 5 unspecified atom stereocenters. The number of phosphoric ester groups is 1. The second-order valence-electron chi connectivity index (χ2n) is 11.6. The van der Waals surface area contributed by atoms with E-state index >= 15 is 0 Å². The van der Waals surface area contributed by atoms with Gasteiger partial charge in [-0.15, -0.1) is 0 Å². The van der Waals surface area contributed by atoms with Crippen LogP contribution in [0.3, 0.4) is 0 Å². The average molecular weight is 694 g/mol. The quantitative estimate of drug-likeness (QED) is 0.135. The van der Waals surface area contributed by atoms with Gasteiger partial charge < -0.3 is 0 Å². The Balaban J connectivity index is 1.10. The number of nitrogens with zero attached hydrogens (tertiary/aromatic N) is 6. The molecule has 7 heterocycles. The third-order valence-corrected chi connectivity index (χ3v) is 10.6. The van der Waals surface area contributed by atoms with Crippen LogP contribution in [0.15, 0.2) is 20.0 Å². The van der Waals surface area contributed by atoms with Crippen molar-refractivity contribution in [2.45, 2.75) is 81.2 Å². The third kappa shape index (κ3) is 5.61. The molecule has 8 N–H and O–H groups in total. The number of aliphatic imine (C=N–C) groups is 4. The molecule has 0 bridgehead atoms. The summed E-state index contributed by atoms with van der Waals surface area (Å²) < 4.78 is 46.9. The van der Waals surface area contributed by atoms with Crippen molar-refractivity contribution in [3.8, 4) is 0 Å². The molecule has 0 aliphatic carbocycles. The molecule has 0 spiro atoms. The number of hydrogen-bond donors (Lipinski definition) is 7. The molecule has 13 atom stereocenters. The zero-order chi connectivity index (χ0) is 32.7. The number of nitrogens with one attached hydrogen (secondary N) is 2. The molecular weight excluding hydrogens is 660 g/mol. The number of amides is 2. The second-order valence-corrected chi connectivity index (χ2v) is 14.6. The number of carbonyl (C=O) groups excluding carboxylic acids is 2. The van der Waals surface area contributed by atoms with E-state index in [1.54, 1.807) is 13.8 Å². The van der Waals surface area contributed by atoms with Crippen molar-refractivity contribution in [3.05, 3.63) is 0 Å². The molecule has 7 rings (SSSR count). The van der Waals surface area contributed by atoms with Crippen LogP contribution in [0.4, 0.5) is 0 Å². The summed E-state index contributed by atoms with van der Waals surface area (Å²) in [7, 11) is -9.96. The van der Waals surface area contributed by atoms with Crippen LogP contribution in [0.5, 0.6) is 0 Å². The Morgan fingerprint density at radius 1 is 0.978 bits per heavy atom. The van der Waals surface area contributed by atoms with Crippen molar-refractivity contribution >= 4 is 52.3 Å². The molecule has 46 heavy (non-hydrogen) atoms. The summed E-state index contributed by atoms with van der Waals surface area (Å²) >= 11 is 0. The van der Waals surface area contributed by atoms with E-state index in [-0.39, 0.29) is 5.96 Å². The van der Waals surface area contributed by atoms with Gasteiger partial charge in [0.1, 0.15) is 0 Å². The molecule has 3 fully saturated rings. The normalized spacial score (nSPS) is 47.3. The van der Waals surface area contributed by atoms with E-state index in [4.69, 9.17) is 33.3 Å². The van der Waals surface area contributed by atoms with Crippen LogP contribution in [-0.2, 0) is 41.7 Å². The number of phosphoric acid groups is 1. The van der Waals surface area contributed by atoms with Crippen molar-refractivity contribution < 1.29 is 61.5 Å². The summed E-state index contributed by atoms with van der Waals surface area (Å²) in [5.41, 5.74) is 5.74. The minimum atomic E-state index is -5.07. The predicted molar refractivity (Wildman–Crippen MR) is 154 cm³/mol. The summed E-state index contributed by atoms with van der Waals surface area (Å²) in [6.07, 6.45) is -8.30. The zero-order valence-corrected chi connectivity index (χ0v) is 26.1. The molecule has 3 saturated heterocycles. The van der Waals surface area contributed by atoms with Crippen LogP contribution in [0.1, 0.15) is 13.8 Å². The maximum atomic E-state index is 13.2. The Labute approximate surface area is 260 Å². The molecule has 2 amide bonds. The first kappa shape index (κ1) is 31.9. The first-order valence-corrected chi connectivity index (χ1v) is 17.4. The van der Waals surface area contributed by atoms with Crippen LogP contribution in [0, 0.1) is 5.92 Å². The Kier molecular flexibility index (Phi) is 7.94. The number of guanidine groups is 1. The van der Waals surface area contributed by atoms with Gasteiger partial charge >= 0.3 is 260 Å². The van der Waals surface area contributed by atoms with Gasteiger partial charge in [-0.05, 0) is 0 Å². The molecule has 7 aliphatic rings. The second kappa shape index (κ2) is 11.5. The molecular formula is C22H33N9O13P2. The number of fused-ring (bicyclic) bond motifs is 4. The fraction of sp³-hybridized carbons (Fsp3) is 0.727. The van der Waals surface area contributed by atoms with Crippen LogP contribution in [0.25, 0.3) is 0 Å². The van der Waals surface area contributed by atoms with E-state index < -0.39 is 114 Å². The summed E-state index contributed by atoms with van der Waals surface area (Å²) in [4.78, 5) is 76.9. The predicted octanol–water partition coefficient (Wildman–Crippen LogP) is -4.18. The zero-order valence-electron chi connectivity index (χ0n) is 24.2. The maximum absolute atomic E-state index is 13.2. The van der Waals surface area contributed by atoms with Gasteiger partial charge in [-0.1, -0.05) is 0 Å². The molecule has 254 valence electrons. The van der Waals surface area contributed by atoms with Gasteiger partial charge in [0.15, 0.2) is 0 Å². The summed E-state index contributed by atoms with van der Waals surface area (Å²) in [5, 5.41) is 16.2. The van der Waals surface area contributed by atoms with Gasteiger partial charge in [-0.3, -0.25) is 0 Å². The SMILES string of the molecule is CC1=NC2C(N=CN2[C@@H]2O[C@@H]3COP(=O)(O)O[C@H]4[C@@H](C)[C@H](N5C=NC6C(=O)NC(N)=NC65)O[C@@H]4CO[PH](O)(O)O[C@H]3[C@H]2O)C(=O)N1. The number of aliphatic hydroxyl groups is 1. The van der Waals surface area contributed by atoms with Crippen LogP contribution in [0.2, 0.25) is 0 Å². The number of aliphatic hydroxyl groups excluding tert-OH is 1. The monoisotopic (exact) mass is 693 g/mol. The van der Waals surface area contributed by atoms with Crippen molar-refractivity contribution in [3.63, 3.8) is 0 Å². The Hall–Kier alpha value is -2.72. The molecule has 22 nitrogen and oxygen atoms in total. The topological polar surface area (TPSA) is 294 Å². The van der Waals surface area contributed by atoms with Gasteiger partial charge in [-0.2, -0.15) is 0 Å². The minimum absolute atomic E-state index is 0.124. The summed E-state index contributed by atoms with van der Waals surface area (Å²) in [6, 6.07) is -1.84. The van der Waals surface area contributed by atoms with E-state index in [1.165, 1.54) is 22.5 Å². The van der Waals surface area contributed by atoms with Gasteiger partial charge in [0.05, 0.1) is 0 Å². The van der Waals surface area contributed by atoms with Gasteiger partial charge in [0, 0.05) is 0 Å². The Bertz CT molecular complexity index is 1470. The molecule has 0 saturated carbocycles. The Morgan fingerprint density at radius 3 is 2.30 bits per heavy atom. The molecule has 0 aromatic rings. The Morgan fingerprint density at radius 2 is 1.59 bits per heavy atom. The molecule has 0 aromatic carbocycles. The molecule has 0 aromatic heterocycles. The number of nitrogens with two attached hydrogens (primary N) is 1. The van der Waals surface area contributed by atoms with E-state index in [0.29, 0.717) is 5.84 Å².